The van der Waals surface area contributed by atoms with E-state index in [1.807, 2.05) is 36.2 Å². The molecule has 0 fully saturated rings. The maximum atomic E-state index is 4.91. The van der Waals surface area contributed by atoms with E-state index in [2.05, 4.69) is 74.5 Å². The van der Waals surface area contributed by atoms with Crippen LogP contribution in [0.2, 0.25) is 0 Å². The van der Waals surface area contributed by atoms with E-state index in [0.717, 1.165) is 22.4 Å². The van der Waals surface area contributed by atoms with Gasteiger partial charge in [-0.2, -0.15) is 0 Å². The molecule has 0 aliphatic carbocycles. The molecule has 2 atom stereocenters. The van der Waals surface area contributed by atoms with Gasteiger partial charge in [0.2, 0.25) is 0 Å². The normalized spacial score (nSPS) is 22.6. The van der Waals surface area contributed by atoms with Crippen molar-refractivity contribution in [1.82, 2.24) is 9.88 Å². The van der Waals surface area contributed by atoms with Crippen LogP contribution in [0.4, 0.5) is 0 Å². The number of allylic oxidation sites excluding steroid dienone is 2. The molecule has 2 aliphatic rings. The number of thioether (sulfide) groups is 1. The van der Waals surface area contributed by atoms with E-state index in [1.165, 1.54) is 4.90 Å². The van der Waals surface area contributed by atoms with Gasteiger partial charge in [0.15, 0.2) is 0 Å². The molecule has 0 radical (unpaired) electrons. The fraction of sp³-hybridized carbons (Fsp3) is 0.158. The molecule has 0 bridgehead atoms. The Hall–Kier alpha value is -1.85. The highest BCUT2D eigenvalue weighted by molar-refractivity contribution is 9.11. The minimum atomic E-state index is 0.0913. The highest BCUT2D eigenvalue weighted by atomic mass is 79.9. The zero-order valence-electron chi connectivity index (χ0n) is 12.9. The first kappa shape index (κ1) is 15.7. The predicted octanol–water partition coefficient (Wildman–Crippen LogP) is 5.15. The van der Waals surface area contributed by atoms with Gasteiger partial charge in [0.25, 0.3) is 0 Å². The van der Waals surface area contributed by atoms with Crippen molar-refractivity contribution in [1.29, 1.82) is 0 Å². The van der Waals surface area contributed by atoms with Crippen molar-refractivity contribution < 1.29 is 0 Å². The van der Waals surface area contributed by atoms with Crippen LogP contribution in [-0.2, 0) is 0 Å². The average Bonchev–Trinajstić information content (AvgIpc) is 2.63. The van der Waals surface area contributed by atoms with E-state index >= 15 is 0 Å². The Morgan fingerprint density at radius 3 is 2.67 bits per heavy atom. The molecule has 4 rings (SSSR count). The summed E-state index contributed by atoms with van der Waals surface area (Å²) in [6.07, 6.45) is 8.99. The fourth-order valence-corrected chi connectivity index (χ4v) is 4.40. The Balaban J connectivity index is 1.67. The number of hydrogen-bond acceptors (Lipinski definition) is 4. The molecule has 120 valence electrons. The van der Waals surface area contributed by atoms with Crippen LogP contribution in [0.15, 0.2) is 87.5 Å². The minimum absolute atomic E-state index is 0.0913. The van der Waals surface area contributed by atoms with Crippen LogP contribution in [0, 0.1) is 0 Å². The fourth-order valence-electron chi connectivity index (χ4n) is 2.86. The number of rotatable bonds is 3. The summed E-state index contributed by atoms with van der Waals surface area (Å²) < 4.78 is 1.07. The quantitative estimate of drug-likeness (QED) is 0.716. The standard InChI is InChI=1S/C19H16BrN3S/c20-14-9-10-18-22-17(16-8-4-5-11-21-16)12-19(23(18)13-14)24-15-6-2-1-3-7-15/h1-11,13,17,19H,12H2. The molecule has 3 heterocycles. The van der Waals surface area contributed by atoms with E-state index in [-0.39, 0.29) is 11.4 Å². The van der Waals surface area contributed by atoms with E-state index in [1.54, 1.807) is 0 Å². The van der Waals surface area contributed by atoms with Crippen molar-refractivity contribution in [3.05, 3.63) is 83.3 Å². The van der Waals surface area contributed by atoms with Crippen LogP contribution >= 0.6 is 27.7 Å². The van der Waals surface area contributed by atoms with Crippen molar-refractivity contribution in [2.75, 3.05) is 0 Å². The Bertz CT molecular complexity index is 802. The highest BCUT2D eigenvalue weighted by Crippen LogP contribution is 2.39. The number of fused-ring (bicyclic) bond motifs is 1. The lowest BCUT2D eigenvalue weighted by molar-refractivity contribution is 0.418. The molecule has 5 heteroatoms. The number of nitrogens with zero attached hydrogens (tertiary/aromatic N) is 3. The zero-order valence-corrected chi connectivity index (χ0v) is 15.3. The summed E-state index contributed by atoms with van der Waals surface area (Å²) in [7, 11) is 0. The molecule has 0 saturated heterocycles. The number of aromatic nitrogens is 1. The molecule has 3 nitrogen and oxygen atoms in total. The van der Waals surface area contributed by atoms with Gasteiger partial charge in [0.1, 0.15) is 5.84 Å². The van der Waals surface area contributed by atoms with Gasteiger partial charge in [-0.1, -0.05) is 24.3 Å². The second-order valence-electron chi connectivity index (χ2n) is 5.63. The molecule has 2 unspecified atom stereocenters. The average molecular weight is 398 g/mol. The van der Waals surface area contributed by atoms with Gasteiger partial charge in [0, 0.05) is 28.2 Å². The Morgan fingerprint density at radius 1 is 1.04 bits per heavy atom. The maximum absolute atomic E-state index is 4.91. The minimum Gasteiger partial charge on any atom is -0.319 e. The first-order chi connectivity index (χ1) is 11.8. The van der Waals surface area contributed by atoms with Gasteiger partial charge < -0.3 is 4.90 Å². The summed E-state index contributed by atoms with van der Waals surface area (Å²) in [4.78, 5) is 12.9. The summed E-state index contributed by atoms with van der Waals surface area (Å²) in [5, 5.41) is 0.282. The van der Waals surface area contributed by atoms with Gasteiger partial charge in [-0.15, -0.1) is 11.8 Å². The molecule has 0 saturated carbocycles. The third kappa shape index (κ3) is 3.32. The topological polar surface area (TPSA) is 28.5 Å². The molecule has 24 heavy (non-hydrogen) atoms. The number of pyridine rings is 1. The summed E-state index contributed by atoms with van der Waals surface area (Å²) in [5.41, 5.74) is 1.03. The van der Waals surface area contributed by atoms with Crippen LogP contribution in [0.1, 0.15) is 18.2 Å². The number of aliphatic imine (C=N–C) groups is 1. The van der Waals surface area contributed by atoms with Crippen LogP contribution in [0.3, 0.4) is 0 Å². The van der Waals surface area contributed by atoms with Crippen LogP contribution in [0.25, 0.3) is 0 Å². The molecule has 0 amide bonds. The third-order valence-corrected chi connectivity index (χ3v) is 5.69. The summed E-state index contributed by atoms with van der Waals surface area (Å²) in [5.74, 6) is 0.994. The molecule has 1 aromatic carbocycles. The summed E-state index contributed by atoms with van der Waals surface area (Å²) in [6, 6.07) is 16.7. The molecular weight excluding hydrogens is 382 g/mol. The number of halogens is 1. The summed E-state index contributed by atoms with van der Waals surface area (Å²) in [6.45, 7) is 0. The second-order valence-corrected chi connectivity index (χ2v) is 7.80. The number of amidine groups is 1. The molecule has 1 aromatic heterocycles. The lowest BCUT2D eigenvalue weighted by Crippen LogP contribution is -2.39. The number of hydrogen-bond donors (Lipinski definition) is 0. The van der Waals surface area contributed by atoms with Gasteiger partial charge in [-0.3, -0.25) is 9.98 Å². The van der Waals surface area contributed by atoms with E-state index in [9.17, 15) is 0 Å². The summed E-state index contributed by atoms with van der Waals surface area (Å²) >= 11 is 5.45. The molecule has 2 aromatic rings. The monoisotopic (exact) mass is 397 g/mol. The van der Waals surface area contributed by atoms with Crippen molar-refractivity contribution in [3.8, 4) is 0 Å². The predicted molar refractivity (Wildman–Crippen MR) is 103 cm³/mol. The molecule has 0 spiro atoms. The van der Waals surface area contributed by atoms with E-state index < -0.39 is 0 Å². The molecule has 0 N–H and O–H groups in total. The van der Waals surface area contributed by atoms with Gasteiger partial charge >= 0.3 is 0 Å². The Labute approximate surface area is 154 Å². The smallest absolute Gasteiger partial charge is 0.129 e. The maximum Gasteiger partial charge on any atom is 0.129 e. The van der Waals surface area contributed by atoms with Crippen LogP contribution < -0.4 is 0 Å². The van der Waals surface area contributed by atoms with Crippen molar-refractivity contribution in [3.63, 3.8) is 0 Å². The number of benzene rings is 1. The van der Waals surface area contributed by atoms with Crippen LogP contribution in [-0.4, -0.2) is 21.1 Å². The van der Waals surface area contributed by atoms with Gasteiger partial charge in [-0.25, -0.2) is 0 Å². The van der Waals surface area contributed by atoms with Crippen LogP contribution in [0.5, 0.6) is 0 Å². The highest BCUT2D eigenvalue weighted by Gasteiger charge is 2.31. The molecule has 2 aliphatic heterocycles. The van der Waals surface area contributed by atoms with E-state index in [4.69, 9.17) is 4.99 Å². The van der Waals surface area contributed by atoms with E-state index in [0.29, 0.717) is 0 Å². The van der Waals surface area contributed by atoms with Gasteiger partial charge in [0.05, 0.1) is 17.1 Å². The first-order valence-corrected chi connectivity index (χ1v) is 9.51. The Morgan fingerprint density at radius 2 is 1.88 bits per heavy atom. The lowest BCUT2D eigenvalue weighted by atomic mass is 10.1. The first-order valence-electron chi connectivity index (χ1n) is 7.84. The van der Waals surface area contributed by atoms with Crippen molar-refractivity contribution in [2.24, 2.45) is 4.99 Å². The lowest BCUT2D eigenvalue weighted by Gasteiger charge is -2.37. The third-order valence-electron chi connectivity index (χ3n) is 3.99. The second kappa shape index (κ2) is 6.95. The largest absolute Gasteiger partial charge is 0.319 e. The SMILES string of the molecule is BrC1=CN2C(=NC(c3ccccn3)CC2Sc2ccccc2)C=C1. The Kier molecular flexibility index (Phi) is 4.54. The van der Waals surface area contributed by atoms with Gasteiger partial charge in [-0.05, 0) is 52.3 Å². The van der Waals surface area contributed by atoms with Crippen molar-refractivity contribution in [2.45, 2.75) is 22.7 Å². The molecular formula is C19H16BrN3S. The van der Waals surface area contributed by atoms with Crippen molar-refractivity contribution >= 4 is 33.5 Å². The zero-order chi connectivity index (χ0) is 16.4.